The molecule has 84 valence electrons. The van der Waals surface area contributed by atoms with Crippen LogP contribution in [0.3, 0.4) is 0 Å². The van der Waals surface area contributed by atoms with Crippen molar-refractivity contribution >= 4 is 27.7 Å². The van der Waals surface area contributed by atoms with Crippen molar-refractivity contribution in [2.75, 3.05) is 23.7 Å². The second-order valence-corrected chi connectivity index (χ2v) is 4.10. The van der Waals surface area contributed by atoms with Crippen molar-refractivity contribution in [3.8, 4) is 0 Å². The van der Waals surface area contributed by atoms with E-state index in [1.165, 1.54) is 0 Å². The molecule has 2 N–H and O–H groups in total. The molecule has 0 aromatic carbocycles. The summed E-state index contributed by atoms with van der Waals surface area (Å²) < 4.78 is 0.901. The number of anilines is 2. The predicted octanol–water partition coefficient (Wildman–Crippen LogP) is 2.88. The van der Waals surface area contributed by atoms with Gasteiger partial charge in [0.05, 0.1) is 4.47 Å². The maximum absolute atomic E-state index is 4.37. The Morgan fingerprint density at radius 1 is 1.20 bits per heavy atom. The molecule has 0 amide bonds. The number of hydrogen-bond donors (Lipinski definition) is 2. The van der Waals surface area contributed by atoms with Crippen LogP contribution in [0, 0.1) is 0 Å². The first-order valence-corrected chi connectivity index (χ1v) is 6.07. The molecule has 0 bridgehead atoms. The molecule has 0 unspecified atom stereocenters. The summed E-state index contributed by atoms with van der Waals surface area (Å²) in [6, 6.07) is 0. The van der Waals surface area contributed by atoms with E-state index in [-0.39, 0.29) is 0 Å². The van der Waals surface area contributed by atoms with Crippen molar-refractivity contribution < 1.29 is 0 Å². The summed E-state index contributed by atoms with van der Waals surface area (Å²) in [5.41, 5.74) is 0. The Balaban J connectivity index is 2.66. The summed E-state index contributed by atoms with van der Waals surface area (Å²) >= 11 is 3.41. The maximum atomic E-state index is 4.37. The minimum absolute atomic E-state index is 0.679. The van der Waals surface area contributed by atoms with Gasteiger partial charge >= 0.3 is 0 Å². The topological polar surface area (TPSA) is 49.8 Å². The molecular formula is C10H17BrN4. The zero-order valence-electron chi connectivity index (χ0n) is 9.18. The van der Waals surface area contributed by atoms with Gasteiger partial charge < -0.3 is 10.6 Å². The fourth-order valence-corrected chi connectivity index (χ4v) is 1.39. The molecule has 1 heterocycles. The van der Waals surface area contributed by atoms with Gasteiger partial charge in [-0.05, 0) is 28.8 Å². The summed E-state index contributed by atoms with van der Waals surface area (Å²) in [4.78, 5) is 8.54. The fourth-order valence-electron chi connectivity index (χ4n) is 1.06. The van der Waals surface area contributed by atoms with E-state index in [4.69, 9.17) is 0 Å². The lowest BCUT2D eigenvalue weighted by atomic mass is 10.4. The van der Waals surface area contributed by atoms with Crippen LogP contribution in [0.5, 0.6) is 0 Å². The number of hydrogen-bond acceptors (Lipinski definition) is 4. The lowest BCUT2D eigenvalue weighted by Crippen LogP contribution is -2.08. The van der Waals surface area contributed by atoms with Crippen molar-refractivity contribution in [1.29, 1.82) is 0 Å². The van der Waals surface area contributed by atoms with Crippen LogP contribution in [0.2, 0.25) is 0 Å². The lowest BCUT2D eigenvalue weighted by Gasteiger charge is -2.08. The lowest BCUT2D eigenvalue weighted by molar-refractivity contribution is 0.938. The van der Waals surface area contributed by atoms with Gasteiger partial charge in [0, 0.05) is 19.3 Å². The molecular weight excluding hydrogens is 256 g/mol. The molecule has 0 saturated carbocycles. The van der Waals surface area contributed by atoms with Crippen LogP contribution in [-0.2, 0) is 0 Å². The average Bonchev–Trinajstić information content (AvgIpc) is 2.26. The van der Waals surface area contributed by atoms with Gasteiger partial charge in [-0.1, -0.05) is 13.8 Å². The molecule has 1 rings (SSSR count). The normalized spacial score (nSPS) is 10.1. The molecule has 5 heteroatoms. The van der Waals surface area contributed by atoms with Gasteiger partial charge in [-0.15, -0.1) is 0 Å². The highest BCUT2D eigenvalue weighted by molar-refractivity contribution is 9.10. The number of halogens is 1. The molecule has 0 aliphatic heterocycles. The van der Waals surface area contributed by atoms with E-state index < -0.39 is 0 Å². The van der Waals surface area contributed by atoms with Crippen LogP contribution in [-0.4, -0.2) is 23.1 Å². The molecule has 0 aliphatic carbocycles. The average molecular weight is 273 g/mol. The number of rotatable bonds is 6. The Labute approximate surface area is 99.0 Å². The van der Waals surface area contributed by atoms with Crippen molar-refractivity contribution in [2.24, 2.45) is 0 Å². The van der Waals surface area contributed by atoms with E-state index in [1.807, 2.05) is 0 Å². The Hall–Kier alpha value is -0.840. The van der Waals surface area contributed by atoms with E-state index in [1.54, 1.807) is 6.20 Å². The SMILES string of the molecule is CCCNc1ncc(Br)c(NCCC)n1. The number of nitrogens with one attached hydrogen (secondary N) is 2. The van der Waals surface area contributed by atoms with Crippen molar-refractivity contribution in [2.45, 2.75) is 26.7 Å². The largest absolute Gasteiger partial charge is 0.369 e. The first-order chi connectivity index (χ1) is 7.27. The minimum Gasteiger partial charge on any atom is -0.369 e. The minimum atomic E-state index is 0.679. The second kappa shape index (κ2) is 6.61. The van der Waals surface area contributed by atoms with Gasteiger partial charge in [0.2, 0.25) is 5.95 Å². The first-order valence-electron chi connectivity index (χ1n) is 5.28. The van der Waals surface area contributed by atoms with Crippen LogP contribution in [0.4, 0.5) is 11.8 Å². The van der Waals surface area contributed by atoms with E-state index in [2.05, 4.69) is 50.4 Å². The monoisotopic (exact) mass is 272 g/mol. The second-order valence-electron chi connectivity index (χ2n) is 3.24. The number of aromatic nitrogens is 2. The third-order valence-electron chi connectivity index (χ3n) is 1.82. The fraction of sp³-hybridized carbons (Fsp3) is 0.600. The molecule has 0 spiro atoms. The Morgan fingerprint density at radius 2 is 1.87 bits per heavy atom. The molecule has 0 aliphatic rings. The summed E-state index contributed by atoms with van der Waals surface area (Å²) in [6.07, 6.45) is 3.91. The third kappa shape index (κ3) is 4.03. The zero-order chi connectivity index (χ0) is 11.1. The highest BCUT2D eigenvalue weighted by Crippen LogP contribution is 2.19. The molecule has 0 atom stereocenters. The Morgan fingerprint density at radius 3 is 2.53 bits per heavy atom. The van der Waals surface area contributed by atoms with Gasteiger partial charge in [-0.2, -0.15) is 4.98 Å². The molecule has 4 nitrogen and oxygen atoms in total. The Bertz CT molecular complexity index is 303. The first kappa shape index (κ1) is 12.2. The van der Waals surface area contributed by atoms with E-state index >= 15 is 0 Å². The summed E-state index contributed by atoms with van der Waals surface area (Å²) in [6.45, 7) is 6.05. The van der Waals surface area contributed by atoms with E-state index in [0.717, 1.165) is 36.2 Å². The van der Waals surface area contributed by atoms with Gasteiger partial charge in [0.1, 0.15) is 5.82 Å². The predicted molar refractivity (Wildman–Crippen MR) is 67.3 cm³/mol. The van der Waals surface area contributed by atoms with Gasteiger partial charge in [-0.3, -0.25) is 0 Å². The van der Waals surface area contributed by atoms with Crippen molar-refractivity contribution in [1.82, 2.24) is 9.97 Å². The van der Waals surface area contributed by atoms with Crippen LogP contribution < -0.4 is 10.6 Å². The third-order valence-corrected chi connectivity index (χ3v) is 2.40. The highest BCUT2D eigenvalue weighted by atomic mass is 79.9. The standard InChI is InChI=1S/C10H17BrN4/c1-3-5-12-9-8(11)7-14-10(15-9)13-6-4-2/h7H,3-6H2,1-2H3,(H2,12,13,14,15). The quantitative estimate of drug-likeness (QED) is 0.836. The van der Waals surface area contributed by atoms with Crippen LogP contribution in [0.25, 0.3) is 0 Å². The van der Waals surface area contributed by atoms with Crippen LogP contribution >= 0.6 is 15.9 Å². The summed E-state index contributed by atoms with van der Waals surface area (Å²) in [5, 5.41) is 6.40. The molecule has 0 radical (unpaired) electrons. The molecule has 0 fully saturated rings. The molecule has 15 heavy (non-hydrogen) atoms. The van der Waals surface area contributed by atoms with Crippen molar-refractivity contribution in [3.05, 3.63) is 10.7 Å². The summed E-state index contributed by atoms with van der Waals surface area (Å²) in [5.74, 6) is 1.53. The van der Waals surface area contributed by atoms with Crippen molar-refractivity contribution in [3.63, 3.8) is 0 Å². The van der Waals surface area contributed by atoms with Crippen LogP contribution in [0.1, 0.15) is 26.7 Å². The number of nitrogens with zero attached hydrogens (tertiary/aromatic N) is 2. The molecule has 1 aromatic rings. The van der Waals surface area contributed by atoms with Gasteiger partial charge in [0.15, 0.2) is 0 Å². The van der Waals surface area contributed by atoms with Gasteiger partial charge in [0.25, 0.3) is 0 Å². The van der Waals surface area contributed by atoms with Crippen LogP contribution in [0.15, 0.2) is 10.7 Å². The van der Waals surface area contributed by atoms with E-state index in [9.17, 15) is 0 Å². The Kier molecular flexibility index (Phi) is 5.39. The maximum Gasteiger partial charge on any atom is 0.224 e. The zero-order valence-corrected chi connectivity index (χ0v) is 10.8. The smallest absolute Gasteiger partial charge is 0.224 e. The van der Waals surface area contributed by atoms with E-state index in [0.29, 0.717) is 5.95 Å². The molecule has 1 aromatic heterocycles. The molecule has 0 saturated heterocycles. The van der Waals surface area contributed by atoms with Gasteiger partial charge in [-0.25, -0.2) is 4.98 Å². The summed E-state index contributed by atoms with van der Waals surface area (Å²) in [7, 11) is 0. The highest BCUT2D eigenvalue weighted by Gasteiger charge is 2.03.